The Balaban J connectivity index is 1.36. The second-order valence-corrected chi connectivity index (χ2v) is 18.4. The van der Waals surface area contributed by atoms with E-state index in [0.29, 0.717) is 36.5 Å². The summed E-state index contributed by atoms with van der Waals surface area (Å²) in [4.78, 5) is 60.7. The molecule has 0 spiro atoms. The van der Waals surface area contributed by atoms with Crippen LogP contribution in [0.3, 0.4) is 0 Å². The summed E-state index contributed by atoms with van der Waals surface area (Å²) >= 11 is 1.21. The number of benzene rings is 1. The lowest BCUT2D eigenvalue weighted by molar-refractivity contribution is -0.140. The molecule has 3 aliphatic carbocycles. The molecule has 2 aromatic rings. The Hall–Kier alpha value is -4.25. The van der Waals surface area contributed by atoms with Gasteiger partial charge in [0.15, 0.2) is 0 Å². The summed E-state index contributed by atoms with van der Waals surface area (Å²) in [5.74, 6) is -4.63. The number of hydrogen-bond acceptors (Lipinski definition) is 9. The number of amides is 4. The largest absolute Gasteiger partial charge is 0.446 e. The summed E-state index contributed by atoms with van der Waals surface area (Å²) in [7, 11) is -2.34. The number of alkyl halides is 3. The number of ether oxygens (including phenoxy) is 1. The van der Waals surface area contributed by atoms with Gasteiger partial charge in [0.25, 0.3) is 5.91 Å². The second-order valence-electron chi connectivity index (χ2n) is 15.6. The van der Waals surface area contributed by atoms with E-state index in [-0.39, 0.29) is 35.9 Å². The van der Waals surface area contributed by atoms with Crippen LogP contribution in [0.4, 0.5) is 23.7 Å². The molecular weight excluding hydrogens is 760 g/mol. The standard InChI is InChI=1S/C38H48F3N5O7S2/c1-7-9-10-11-16-46(6)33(48)28-19-24(18-27(28)31(47)44-37(20-22(37)8-2)34(49)45-55(51,52)25-13-14-25)53-35(50)42-29-17-23(38(39,40)41)12-15-26(29)32-43-30(21-54-32)36(3,4)5/h7-8,12,15,17,21-22,24-25,27-28H,1-2,9-11,13-14,16,18-20H2,3-6H3,(H,42,50)(H,44,47)(H,45,49)/t22-,24-,27-,28-,37-/m1/s1. The SMILES string of the molecule is C=CCCCCN(C)C(=O)[C@@H]1C[C@H](OC(=O)Nc2cc(C(F)(F)F)ccc2-c2nc(C(C)(C)C)cs2)C[C@H]1C(=O)N[C@]1(C(=O)NS(=O)(=O)C2CC2)C[C@H]1C=C. The van der Waals surface area contributed by atoms with Crippen LogP contribution in [0.1, 0.15) is 83.4 Å². The smallest absolute Gasteiger partial charge is 0.416 e. The number of nitrogens with one attached hydrogen (secondary N) is 3. The maximum atomic E-state index is 14.0. The molecule has 12 nitrogen and oxygen atoms in total. The molecule has 1 heterocycles. The number of sulfonamides is 1. The van der Waals surface area contributed by atoms with Crippen LogP contribution >= 0.6 is 11.3 Å². The average molecular weight is 808 g/mol. The molecule has 1 aromatic carbocycles. The first-order valence-corrected chi connectivity index (χ1v) is 20.6. The van der Waals surface area contributed by atoms with Crippen LogP contribution in [-0.4, -0.2) is 72.6 Å². The van der Waals surface area contributed by atoms with Gasteiger partial charge in [0, 0.05) is 35.9 Å². The van der Waals surface area contributed by atoms with Gasteiger partial charge < -0.3 is 15.0 Å². The van der Waals surface area contributed by atoms with Gasteiger partial charge >= 0.3 is 12.3 Å². The monoisotopic (exact) mass is 807 g/mol. The van der Waals surface area contributed by atoms with Crippen molar-refractivity contribution in [1.29, 1.82) is 0 Å². The van der Waals surface area contributed by atoms with Crippen molar-refractivity contribution in [3.63, 3.8) is 0 Å². The third-order valence-corrected chi connectivity index (χ3v) is 13.0. The molecule has 17 heteroatoms. The number of thiazole rings is 1. The van der Waals surface area contributed by atoms with Crippen molar-refractivity contribution in [2.24, 2.45) is 17.8 Å². The lowest BCUT2D eigenvalue weighted by Gasteiger charge is -2.26. The molecule has 0 bridgehead atoms. The molecule has 0 saturated heterocycles. The number of unbranched alkanes of at least 4 members (excludes halogenated alkanes) is 2. The molecular formula is C38H48F3N5O7S2. The second kappa shape index (κ2) is 16.1. The fraction of sp³-hybridized carbons (Fsp3) is 0.553. The Morgan fingerprint density at radius 1 is 1.09 bits per heavy atom. The fourth-order valence-electron chi connectivity index (χ4n) is 6.75. The summed E-state index contributed by atoms with van der Waals surface area (Å²) in [6, 6.07) is 2.93. The zero-order chi connectivity index (χ0) is 40.5. The Morgan fingerprint density at radius 3 is 2.36 bits per heavy atom. The van der Waals surface area contributed by atoms with Gasteiger partial charge in [-0.3, -0.25) is 24.4 Å². The molecule has 3 fully saturated rings. The Labute approximate surface area is 323 Å². The molecule has 0 radical (unpaired) electrons. The molecule has 5 atom stereocenters. The molecule has 4 amide bonds. The Kier molecular flexibility index (Phi) is 12.3. The fourth-order valence-corrected chi connectivity index (χ4v) is 9.20. The van der Waals surface area contributed by atoms with Crippen molar-refractivity contribution in [1.82, 2.24) is 19.9 Å². The lowest BCUT2D eigenvalue weighted by Crippen LogP contribution is -2.54. The normalized spacial score (nSPS) is 23.7. The van der Waals surface area contributed by atoms with Crippen LogP contribution in [0.15, 0.2) is 48.9 Å². The van der Waals surface area contributed by atoms with E-state index in [9.17, 15) is 40.8 Å². The van der Waals surface area contributed by atoms with E-state index in [1.165, 1.54) is 28.4 Å². The van der Waals surface area contributed by atoms with Crippen molar-refractivity contribution in [2.75, 3.05) is 18.9 Å². The van der Waals surface area contributed by atoms with Crippen molar-refractivity contribution in [3.05, 3.63) is 60.1 Å². The molecule has 3 N–H and O–H groups in total. The van der Waals surface area contributed by atoms with Crippen molar-refractivity contribution >= 4 is 50.9 Å². The van der Waals surface area contributed by atoms with E-state index >= 15 is 0 Å². The highest BCUT2D eigenvalue weighted by molar-refractivity contribution is 7.91. The van der Waals surface area contributed by atoms with Crippen LogP contribution in [-0.2, 0) is 40.7 Å². The van der Waals surface area contributed by atoms with E-state index < -0.39 is 80.2 Å². The van der Waals surface area contributed by atoms with E-state index in [0.717, 1.165) is 25.0 Å². The van der Waals surface area contributed by atoms with Gasteiger partial charge in [0.1, 0.15) is 16.7 Å². The van der Waals surface area contributed by atoms with E-state index in [1.807, 2.05) is 20.8 Å². The lowest BCUT2D eigenvalue weighted by atomic mass is 9.93. The van der Waals surface area contributed by atoms with Gasteiger partial charge in [0.2, 0.25) is 21.8 Å². The third-order valence-electron chi connectivity index (χ3n) is 10.3. The maximum absolute atomic E-state index is 14.0. The van der Waals surface area contributed by atoms with Crippen LogP contribution in [0.25, 0.3) is 10.6 Å². The predicted octanol–water partition coefficient (Wildman–Crippen LogP) is 6.55. The number of halogens is 3. The molecule has 0 aliphatic heterocycles. The van der Waals surface area contributed by atoms with Crippen molar-refractivity contribution in [2.45, 2.75) is 101 Å². The minimum Gasteiger partial charge on any atom is -0.446 e. The van der Waals surface area contributed by atoms with Crippen molar-refractivity contribution < 1.29 is 45.5 Å². The highest BCUT2D eigenvalue weighted by Gasteiger charge is 2.62. The Morgan fingerprint density at radius 2 is 1.78 bits per heavy atom. The zero-order valence-electron chi connectivity index (χ0n) is 31.3. The quantitative estimate of drug-likeness (QED) is 0.135. The van der Waals surface area contributed by atoms with Crippen LogP contribution in [0.2, 0.25) is 0 Å². The van der Waals surface area contributed by atoms with Gasteiger partial charge in [-0.2, -0.15) is 13.2 Å². The summed E-state index contributed by atoms with van der Waals surface area (Å²) < 4.78 is 74.4. The topological polar surface area (TPSA) is 164 Å². The number of hydrogen-bond donors (Lipinski definition) is 3. The first-order valence-electron chi connectivity index (χ1n) is 18.2. The van der Waals surface area contributed by atoms with E-state index in [4.69, 9.17) is 4.74 Å². The van der Waals surface area contributed by atoms with Gasteiger partial charge in [0.05, 0.1) is 34.0 Å². The summed E-state index contributed by atoms with van der Waals surface area (Å²) in [5, 5.41) is 6.65. The number of nitrogens with zero attached hydrogens (tertiary/aromatic N) is 2. The van der Waals surface area contributed by atoms with Crippen LogP contribution in [0, 0.1) is 17.8 Å². The van der Waals surface area contributed by atoms with Gasteiger partial charge in [-0.05, 0) is 69.6 Å². The van der Waals surface area contributed by atoms with Crippen LogP contribution in [0.5, 0.6) is 0 Å². The van der Waals surface area contributed by atoms with Crippen LogP contribution < -0.4 is 15.4 Å². The number of carbonyl (C=O) groups excluding carboxylic acids is 4. The van der Waals surface area contributed by atoms with E-state index in [2.05, 4.69) is 33.5 Å². The molecule has 1 aromatic heterocycles. The Bertz CT molecular complexity index is 1940. The number of carbonyl (C=O) groups is 4. The van der Waals surface area contributed by atoms with E-state index in [1.54, 1.807) is 18.5 Å². The number of rotatable bonds is 15. The van der Waals surface area contributed by atoms with Gasteiger partial charge in [-0.15, -0.1) is 24.5 Å². The first kappa shape index (κ1) is 41.9. The summed E-state index contributed by atoms with van der Waals surface area (Å²) in [6.07, 6.45) is -0.701. The summed E-state index contributed by atoms with van der Waals surface area (Å²) in [5.41, 5.74) is -2.16. The third kappa shape index (κ3) is 9.77. The highest BCUT2D eigenvalue weighted by atomic mass is 32.2. The molecule has 0 unspecified atom stereocenters. The molecule has 300 valence electrons. The first-order chi connectivity index (χ1) is 25.7. The minimum absolute atomic E-state index is 0.0850. The number of aromatic nitrogens is 1. The number of anilines is 1. The molecule has 5 rings (SSSR count). The number of allylic oxidation sites excluding steroid dienone is 1. The molecule has 3 aliphatic rings. The summed E-state index contributed by atoms with van der Waals surface area (Å²) in [6.45, 7) is 13.6. The average Bonchev–Trinajstić information content (AvgIpc) is 3.98. The molecule has 55 heavy (non-hydrogen) atoms. The molecule has 3 saturated carbocycles. The maximum Gasteiger partial charge on any atom is 0.416 e. The zero-order valence-corrected chi connectivity index (χ0v) is 33.0. The predicted molar refractivity (Wildman–Crippen MR) is 202 cm³/mol. The highest BCUT2D eigenvalue weighted by Crippen LogP contribution is 2.47. The van der Waals surface area contributed by atoms with Gasteiger partial charge in [-0.1, -0.05) is 32.9 Å². The minimum atomic E-state index is -4.71. The van der Waals surface area contributed by atoms with Crippen molar-refractivity contribution in [3.8, 4) is 10.6 Å². The van der Waals surface area contributed by atoms with Gasteiger partial charge in [-0.25, -0.2) is 18.2 Å².